The first-order valence-electron chi connectivity index (χ1n) is 5.29. The Balaban J connectivity index is 2.48. The highest BCUT2D eigenvalue weighted by Gasteiger charge is 2.20. The van der Waals surface area contributed by atoms with E-state index >= 15 is 0 Å². The summed E-state index contributed by atoms with van der Waals surface area (Å²) in [6.07, 6.45) is 4.64. The molecule has 0 radical (unpaired) electrons. The maximum atomic E-state index is 12.3. The molecule has 0 aromatic carbocycles. The molecular weight excluding hydrogens is 238 g/mol. The summed E-state index contributed by atoms with van der Waals surface area (Å²) in [6.45, 7) is 3.90. The van der Waals surface area contributed by atoms with Crippen molar-refractivity contribution < 1.29 is 4.79 Å². The zero-order valence-corrected chi connectivity index (χ0v) is 10.3. The molecule has 0 amide bonds. The van der Waals surface area contributed by atoms with Crippen LogP contribution in [0.5, 0.6) is 0 Å². The zero-order chi connectivity index (χ0) is 12.4. The molecule has 5 heteroatoms. The second-order valence-electron chi connectivity index (χ2n) is 3.95. The number of halogens is 1. The predicted octanol–water partition coefficient (Wildman–Crippen LogP) is 2.74. The molecule has 4 nitrogen and oxygen atoms in total. The maximum absolute atomic E-state index is 12.3. The van der Waals surface area contributed by atoms with Gasteiger partial charge in [0.2, 0.25) is 5.78 Å². The topological polar surface area (TPSA) is 47.8 Å². The van der Waals surface area contributed by atoms with Crippen molar-refractivity contribution in [2.75, 3.05) is 0 Å². The van der Waals surface area contributed by atoms with Gasteiger partial charge in [-0.1, -0.05) is 11.6 Å². The van der Waals surface area contributed by atoms with Gasteiger partial charge in [0.05, 0.1) is 11.2 Å². The molecule has 0 N–H and O–H groups in total. The summed E-state index contributed by atoms with van der Waals surface area (Å²) in [5, 5.41) is 4.47. The molecule has 0 fully saturated rings. The van der Waals surface area contributed by atoms with Crippen LogP contribution in [0.2, 0.25) is 5.02 Å². The summed E-state index contributed by atoms with van der Waals surface area (Å²) >= 11 is 6.01. The minimum absolute atomic E-state index is 0.0816. The van der Waals surface area contributed by atoms with Gasteiger partial charge in [0.1, 0.15) is 5.69 Å². The predicted molar refractivity (Wildman–Crippen MR) is 65.3 cm³/mol. The molecule has 0 saturated carbocycles. The van der Waals surface area contributed by atoms with Crippen LogP contribution in [0.25, 0.3) is 0 Å². The number of aromatic nitrogens is 3. The molecule has 0 spiro atoms. The Kier molecular flexibility index (Phi) is 3.24. The van der Waals surface area contributed by atoms with Gasteiger partial charge in [0.25, 0.3) is 0 Å². The fourth-order valence-electron chi connectivity index (χ4n) is 1.58. The van der Waals surface area contributed by atoms with E-state index in [1.807, 2.05) is 13.8 Å². The number of hydrogen-bond donors (Lipinski definition) is 0. The highest BCUT2D eigenvalue weighted by Crippen LogP contribution is 2.21. The summed E-state index contributed by atoms with van der Waals surface area (Å²) < 4.78 is 1.62. The molecule has 0 aliphatic rings. The van der Waals surface area contributed by atoms with E-state index in [0.29, 0.717) is 16.3 Å². The Hall–Kier alpha value is -1.68. The molecular formula is C12H12ClN3O. The quantitative estimate of drug-likeness (QED) is 0.786. The van der Waals surface area contributed by atoms with Crippen LogP contribution in [-0.2, 0) is 0 Å². The van der Waals surface area contributed by atoms with Crippen molar-refractivity contribution in [3.05, 3.63) is 47.0 Å². The van der Waals surface area contributed by atoms with E-state index < -0.39 is 0 Å². The first-order valence-corrected chi connectivity index (χ1v) is 5.66. The van der Waals surface area contributed by atoms with E-state index in [0.717, 1.165) is 0 Å². The molecule has 0 aliphatic carbocycles. The highest BCUT2D eigenvalue weighted by atomic mass is 35.5. The molecule has 2 heterocycles. The number of carbonyl (C=O) groups is 1. The molecule has 17 heavy (non-hydrogen) atoms. The summed E-state index contributed by atoms with van der Waals surface area (Å²) in [4.78, 5) is 16.2. The lowest BCUT2D eigenvalue weighted by Gasteiger charge is -2.10. The summed E-state index contributed by atoms with van der Waals surface area (Å²) in [5.41, 5.74) is 0.923. The van der Waals surface area contributed by atoms with Crippen LogP contribution in [0, 0.1) is 0 Å². The lowest BCUT2D eigenvalue weighted by Crippen LogP contribution is -2.14. The molecule has 0 atom stereocenters. The molecule has 2 rings (SSSR count). The van der Waals surface area contributed by atoms with Crippen LogP contribution in [0.4, 0.5) is 0 Å². The van der Waals surface area contributed by atoms with E-state index in [1.54, 1.807) is 23.0 Å². The number of ketones is 1. The van der Waals surface area contributed by atoms with Crippen molar-refractivity contribution in [1.29, 1.82) is 0 Å². The van der Waals surface area contributed by atoms with E-state index in [4.69, 9.17) is 11.6 Å². The molecule has 0 saturated heterocycles. The zero-order valence-electron chi connectivity index (χ0n) is 9.59. The highest BCUT2D eigenvalue weighted by molar-refractivity contribution is 6.34. The summed E-state index contributed by atoms with van der Waals surface area (Å²) in [6, 6.07) is 3.51. The molecule has 0 bridgehead atoms. The Bertz CT molecular complexity index is 534. The second-order valence-corrected chi connectivity index (χ2v) is 4.36. The van der Waals surface area contributed by atoms with Crippen LogP contribution in [0.3, 0.4) is 0 Å². The largest absolute Gasteiger partial charge is 0.287 e. The van der Waals surface area contributed by atoms with Gasteiger partial charge in [-0.15, -0.1) is 0 Å². The van der Waals surface area contributed by atoms with Crippen LogP contribution in [-0.4, -0.2) is 20.5 Å². The monoisotopic (exact) mass is 249 g/mol. The van der Waals surface area contributed by atoms with E-state index in [1.165, 1.54) is 12.4 Å². The first-order chi connectivity index (χ1) is 8.11. The van der Waals surface area contributed by atoms with E-state index in [-0.39, 0.29) is 11.8 Å². The minimum atomic E-state index is -0.158. The van der Waals surface area contributed by atoms with E-state index in [9.17, 15) is 4.79 Å². The number of rotatable bonds is 3. The Labute approximate surface area is 104 Å². The van der Waals surface area contributed by atoms with Crippen LogP contribution in [0.15, 0.2) is 30.7 Å². The van der Waals surface area contributed by atoms with Crippen molar-refractivity contribution in [3.63, 3.8) is 0 Å². The minimum Gasteiger partial charge on any atom is -0.287 e. The number of hydrogen-bond acceptors (Lipinski definition) is 3. The van der Waals surface area contributed by atoms with Gasteiger partial charge in [0, 0.05) is 24.0 Å². The van der Waals surface area contributed by atoms with Gasteiger partial charge in [-0.05, 0) is 26.0 Å². The van der Waals surface area contributed by atoms with Crippen LogP contribution >= 0.6 is 11.6 Å². The SMILES string of the molecule is CC(C)n1ncc(Cl)c1C(=O)c1cccnc1. The van der Waals surface area contributed by atoms with Crippen molar-refractivity contribution in [3.8, 4) is 0 Å². The van der Waals surface area contributed by atoms with Crippen molar-refractivity contribution in [2.45, 2.75) is 19.9 Å². The smallest absolute Gasteiger partial charge is 0.214 e. The van der Waals surface area contributed by atoms with Gasteiger partial charge in [0.15, 0.2) is 0 Å². The van der Waals surface area contributed by atoms with Crippen LogP contribution in [0.1, 0.15) is 35.9 Å². The third-order valence-electron chi connectivity index (χ3n) is 2.38. The van der Waals surface area contributed by atoms with Gasteiger partial charge in [-0.2, -0.15) is 5.10 Å². The standard InChI is InChI=1S/C12H12ClN3O/c1-8(2)16-11(10(13)7-15-16)12(17)9-4-3-5-14-6-9/h3-8H,1-2H3. The van der Waals surface area contributed by atoms with Crippen molar-refractivity contribution in [2.24, 2.45) is 0 Å². The van der Waals surface area contributed by atoms with Gasteiger partial charge in [-0.25, -0.2) is 0 Å². The molecule has 2 aromatic rings. The lowest BCUT2D eigenvalue weighted by atomic mass is 10.1. The maximum Gasteiger partial charge on any atom is 0.214 e. The molecule has 88 valence electrons. The average molecular weight is 250 g/mol. The molecule has 0 unspecified atom stereocenters. The van der Waals surface area contributed by atoms with Crippen molar-refractivity contribution >= 4 is 17.4 Å². The fourth-order valence-corrected chi connectivity index (χ4v) is 1.80. The fraction of sp³-hybridized carbons (Fsp3) is 0.250. The Morgan fingerprint density at radius 3 is 2.76 bits per heavy atom. The summed E-state index contributed by atoms with van der Waals surface area (Å²) in [5.74, 6) is -0.158. The number of carbonyl (C=O) groups excluding carboxylic acids is 1. The molecule has 2 aromatic heterocycles. The number of pyridine rings is 1. The normalized spacial score (nSPS) is 10.8. The Morgan fingerprint density at radius 2 is 2.18 bits per heavy atom. The van der Waals surface area contributed by atoms with E-state index in [2.05, 4.69) is 10.1 Å². The van der Waals surface area contributed by atoms with Gasteiger partial charge < -0.3 is 0 Å². The van der Waals surface area contributed by atoms with Crippen molar-refractivity contribution in [1.82, 2.24) is 14.8 Å². The number of nitrogens with zero attached hydrogens (tertiary/aromatic N) is 3. The third kappa shape index (κ3) is 2.22. The van der Waals surface area contributed by atoms with Gasteiger partial charge >= 0.3 is 0 Å². The second kappa shape index (κ2) is 4.67. The Morgan fingerprint density at radius 1 is 1.41 bits per heavy atom. The van der Waals surface area contributed by atoms with Crippen LogP contribution < -0.4 is 0 Å². The first kappa shape index (κ1) is 11.8. The third-order valence-corrected chi connectivity index (χ3v) is 2.66. The van der Waals surface area contributed by atoms with Gasteiger partial charge in [-0.3, -0.25) is 14.5 Å². The average Bonchev–Trinajstić information content (AvgIpc) is 2.71. The lowest BCUT2D eigenvalue weighted by molar-refractivity contribution is 0.102. The summed E-state index contributed by atoms with van der Waals surface area (Å²) in [7, 11) is 0. The molecule has 0 aliphatic heterocycles.